The summed E-state index contributed by atoms with van der Waals surface area (Å²) >= 11 is 7.75. The third kappa shape index (κ3) is 5.22. The number of benzene rings is 2. The van der Waals surface area contributed by atoms with Gasteiger partial charge in [-0.3, -0.25) is 14.0 Å². The van der Waals surface area contributed by atoms with Crippen molar-refractivity contribution in [2.24, 2.45) is 0 Å². The standard InChI is InChI=1S/C26H23ClF3N5O4S/c1-38-19-5-3-4-16(22(19)39-2)23-17-12-14(27)6-7-18(17)35-24(32-33-25(35)26(28,29)30)20(40-23)9-11-34-15(8-10-31-34)13-21(36)37/h3-8,10,12,20,23H,9,11,13H2,1-2H3,(H,36,37)/t20-,23-/m0/s1. The second-order valence-corrected chi connectivity index (χ2v) is 10.7. The third-order valence-electron chi connectivity index (χ3n) is 6.50. The number of alkyl halides is 3. The van der Waals surface area contributed by atoms with E-state index in [1.165, 1.54) is 49.0 Å². The number of aromatic nitrogens is 5. The van der Waals surface area contributed by atoms with Crippen LogP contribution in [0.15, 0.2) is 48.7 Å². The molecule has 2 aromatic heterocycles. The summed E-state index contributed by atoms with van der Waals surface area (Å²) in [5.41, 5.74) is 1.92. The minimum Gasteiger partial charge on any atom is -0.493 e. The number of halogens is 4. The maximum absolute atomic E-state index is 14.2. The van der Waals surface area contributed by atoms with E-state index in [4.69, 9.17) is 21.1 Å². The molecule has 9 nitrogen and oxygen atoms in total. The summed E-state index contributed by atoms with van der Waals surface area (Å²) in [6, 6.07) is 11.6. The van der Waals surface area contributed by atoms with Crippen molar-refractivity contribution in [3.8, 4) is 17.2 Å². The molecule has 0 spiro atoms. The third-order valence-corrected chi connectivity index (χ3v) is 8.29. The zero-order chi connectivity index (χ0) is 28.6. The van der Waals surface area contributed by atoms with Gasteiger partial charge in [0.1, 0.15) is 0 Å². The van der Waals surface area contributed by atoms with Crippen LogP contribution in [0.5, 0.6) is 11.5 Å². The number of hydrogen-bond donors (Lipinski definition) is 1. The lowest BCUT2D eigenvalue weighted by Crippen LogP contribution is -2.17. The molecule has 1 N–H and O–H groups in total. The summed E-state index contributed by atoms with van der Waals surface area (Å²) < 4.78 is 56.4. The van der Waals surface area contributed by atoms with Gasteiger partial charge in [0.15, 0.2) is 17.3 Å². The monoisotopic (exact) mass is 593 g/mol. The fourth-order valence-electron chi connectivity index (χ4n) is 4.83. The number of methoxy groups -OCH3 is 2. The average Bonchev–Trinajstić information content (AvgIpc) is 3.52. The lowest BCUT2D eigenvalue weighted by Gasteiger charge is -2.24. The van der Waals surface area contributed by atoms with E-state index >= 15 is 0 Å². The molecule has 2 atom stereocenters. The lowest BCUT2D eigenvalue weighted by molar-refractivity contribution is -0.146. The van der Waals surface area contributed by atoms with E-state index in [0.29, 0.717) is 33.3 Å². The van der Waals surface area contributed by atoms with Crippen molar-refractivity contribution in [1.29, 1.82) is 0 Å². The van der Waals surface area contributed by atoms with E-state index < -0.39 is 28.5 Å². The molecule has 14 heteroatoms. The van der Waals surface area contributed by atoms with Gasteiger partial charge < -0.3 is 14.6 Å². The van der Waals surface area contributed by atoms with Crippen molar-refractivity contribution in [3.05, 3.63) is 82.2 Å². The Kier molecular flexibility index (Phi) is 7.69. The maximum atomic E-state index is 14.2. The fourth-order valence-corrected chi connectivity index (χ4v) is 6.52. The highest BCUT2D eigenvalue weighted by molar-refractivity contribution is 8.00. The number of ether oxygens (including phenoxy) is 2. The Morgan fingerprint density at radius 3 is 2.62 bits per heavy atom. The molecule has 0 fully saturated rings. The number of carboxylic acid groups (broad SMARTS) is 1. The molecule has 0 aliphatic carbocycles. The van der Waals surface area contributed by atoms with Crippen LogP contribution in [0.3, 0.4) is 0 Å². The molecular weight excluding hydrogens is 571 g/mol. The van der Waals surface area contributed by atoms with Crippen LogP contribution in [0.1, 0.15) is 45.4 Å². The van der Waals surface area contributed by atoms with Crippen molar-refractivity contribution in [2.75, 3.05) is 14.2 Å². The summed E-state index contributed by atoms with van der Waals surface area (Å²) in [5.74, 6) is -1.15. The minimum absolute atomic E-state index is 0.109. The van der Waals surface area contributed by atoms with Crippen molar-refractivity contribution in [3.63, 3.8) is 0 Å². The predicted molar refractivity (Wildman–Crippen MR) is 141 cm³/mol. The molecule has 2 aromatic carbocycles. The Morgan fingerprint density at radius 1 is 1.12 bits per heavy atom. The Hall–Kier alpha value is -3.71. The molecule has 5 rings (SSSR count). The Balaban J connectivity index is 1.67. The summed E-state index contributed by atoms with van der Waals surface area (Å²) in [6.07, 6.45) is -3.24. The zero-order valence-electron chi connectivity index (χ0n) is 21.2. The molecular formula is C26H23ClF3N5O4S. The number of nitrogens with zero attached hydrogens (tertiary/aromatic N) is 5. The van der Waals surface area contributed by atoms with Crippen LogP contribution in [0.2, 0.25) is 5.02 Å². The quantitative estimate of drug-likeness (QED) is 0.275. The fraction of sp³-hybridized carbons (Fsp3) is 0.308. The highest BCUT2D eigenvalue weighted by Crippen LogP contribution is 2.54. The molecule has 3 heterocycles. The average molecular weight is 594 g/mol. The molecule has 0 saturated heterocycles. The van der Waals surface area contributed by atoms with E-state index in [2.05, 4.69) is 15.3 Å². The first-order valence-corrected chi connectivity index (χ1v) is 13.4. The Morgan fingerprint density at radius 2 is 1.93 bits per heavy atom. The molecule has 210 valence electrons. The van der Waals surface area contributed by atoms with E-state index in [1.54, 1.807) is 24.3 Å². The van der Waals surface area contributed by atoms with E-state index in [-0.39, 0.29) is 30.9 Å². The molecule has 1 aliphatic heterocycles. The first-order chi connectivity index (χ1) is 19.1. The lowest BCUT2D eigenvalue weighted by atomic mass is 10.0. The first-order valence-electron chi connectivity index (χ1n) is 12.0. The van der Waals surface area contributed by atoms with Gasteiger partial charge in [-0.15, -0.1) is 22.0 Å². The van der Waals surface area contributed by atoms with Crippen LogP contribution in [0.25, 0.3) is 5.69 Å². The minimum atomic E-state index is -4.78. The summed E-state index contributed by atoms with van der Waals surface area (Å²) in [6.45, 7) is 0.237. The van der Waals surface area contributed by atoms with Crippen LogP contribution in [0.4, 0.5) is 13.2 Å². The van der Waals surface area contributed by atoms with Crippen LogP contribution >= 0.6 is 23.4 Å². The smallest absolute Gasteiger partial charge is 0.452 e. The topological polar surface area (TPSA) is 104 Å². The number of aliphatic carboxylic acids is 1. The van der Waals surface area contributed by atoms with Crippen molar-refractivity contribution in [2.45, 2.75) is 36.1 Å². The van der Waals surface area contributed by atoms with Gasteiger partial charge in [-0.25, -0.2) is 0 Å². The molecule has 1 aliphatic rings. The zero-order valence-corrected chi connectivity index (χ0v) is 22.8. The largest absolute Gasteiger partial charge is 0.493 e. The van der Waals surface area contributed by atoms with Crippen molar-refractivity contribution < 1.29 is 32.5 Å². The normalized spacial score (nSPS) is 16.6. The number of aryl methyl sites for hydroxylation is 1. The number of carbonyl (C=O) groups is 1. The highest BCUT2D eigenvalue weighted by atomic mass is 35.5. The van der Waals surface area contributed by atoms with Gasteiger partial charge in [-0.2, -0.15) is 18.3 Å². The van der Waals surface area contributed by atoms with Gasteiger partial charge in [0.2, 0.25) is 5.82 Å². The van der Waals surface area contributed by atoms with Gasteiger partial charge >= 0.3 is 12.1 Å². The van der Waals surface area contributed by atoms with Crippen LogP contribution in [0, 0.1) is 0 Å². The van der Waals surface area contributed by atoms with E-state index in [1.807, 2.05) is 6.07 Å². The predicted octanol–water partition coefficient (Wildman–Crippen LogP) is 5.75. The number of fused-ring (bicyclic) bond motifs is 3. The molecule has 40 heavy (non-hydrogen) atoms. The molecule has 4 aromatic rings. The van der Waals surface area contributed by atoms with Gasteiger partial charge in [-0.05, 0) is 42.3 Å². The summed E-state index contributed by atoms with van der Waals surface area (Å²) in [7, 11) is 3.00. The van der Waals surface area contributed by atoms with E-state index in [9.17, 15) is 23.1 Å². The summed E-state index contributed by atoms with van der Waals surface area (Å²) in [4.78, 5) is 11.3. The van der Waals surface area contributed by atoms with Gasteiger partial charge in [0.05, 0.1) is 36.8 Å². The molecule has 0 amide bonds. The second-order valence-electron chi connectivity index (χ2n) is 8.91. The van der Waals surface area contributed by atoms with Crippen LogP contribution in [-0.2, 0) is 23.9 Å². The number of rotatable bonds is 8. The molecule has 0 saturated carbocycles. The molecule has 0 unspecified atom stereocenters. The van der Waals surface area contributed by atoms with Crippen molar-refractivity contribution in [1.82, 2.24) is 24.5 Å². The Bertz CT molecular complexity index is 1560. The van der Waals surface area contributed by atoms with Crippen LogP contribution in [-0.4, -0.2) is 49.8 Å². The number of para-hydroxylation sites is 1. The number of carboxylic acids is 1. The maximum Gasteiger partial charge on any atom is 0.452 e. The van der Waals surface area contributed by atoms with Gasteiger partial charge in [0.25, 0.3) is 0 Å². The van der Waals surface area contributed by atoms with Gasteiger partial charge in [0, 0.05) is 29.0 Å². The first kappa shape index (κ1) is 27.8. The number of thioether (sulfide) groups is 1. The van der Waals surface area contributed by atoms with Gasteiger partial charge in [-0.1, -0.05) is 23.7 Å². The Labute approximate surface area is 235 Å². The number of hydrogen-bond acceptors (Lipinski definition) is 7. The molecule has 0 bridgehead atoms. The SMILES string of the molecule is COc1cccc([C@@H]2S[C@@H](CCn3nccc3CC(=O)O)c3nnc(C(F)(F)F)n3-c3ccc(Cl)cc32)c1OC. The highest BCUT2D eigenvalue weighted by Gasteiger charge is 2.43. The molecule has 0 radical (unpaired) electrons. The van der Waals surface area contributed by atoms with Crippen molar-refractivity contribution >= 4 is 29.3 Å². The second kappa shape index (κ2) is 11.0. The summed E-state index contributed by atoms with van der Waals surface area (Å²) in [5, 5.41) is 20.2. The van der Waals surface area contributed by atoms with E-state index in [0.717, 1.165) is 4.57 Å². The van der Waals surface area contributed by atoms with Crippen LogP contribution < -0.4 is 9.47 Å².